The number of esters is 1. The van der Waals surface area contributed by atoms with Crippen LogP contribution in [0.15, 0.2) is 0 Å². The maximum Gasteiger partial charge on any atom is 0.350 e. The lowest BCUT2D eigenvalue weighted by Gasteiger charge is -2.16. The number of hydrogen-bond acceptors (Lipinski definition) is 5. The zero-order chi connectivity index (χ0) is 12.5. The first-order valence-corrected chi connectivity index (χ1v) is 7.44. The van der Waals surface area contributed by atoms with E-state index in [1.54, 1.807) is 11.3 Å². The van der Waals surface area contributed by atoms with E-state index in [0.717, 1.165) is 36.6 Å². The molecule has 0 atom stereocenters. The summed E-state index contributed by atoms with van der Waals surface area (Å²) in [6.45, 7) is 5.46. The van der Waals surface area contributed by atoms with Gasteiger partial charge < -0.3 is 15.0 Å². The Hall–Kier alpha value is -1.23. The first-order chi connectivity index (χ1) is 8.81. The van der Waals surface area contributed by atoms with Gasteiger partial charge in [0.15, 0.2) is 0 Å². The van der Waals surface area contributed by atoms with Crippen LogP contribution in [0.3, 0.4) is 0 Å². The lowest BCUT2D eigenvalue weighted by Crippen LogP contribution is -2.17. The Balaban J connectivity index is 1.95. The van der Waals surface area contributed by atoms with E-state index in [1.165, 1.54) is 23.4 Å². The van der Waals surface area contributed by atoms with Crippen molar-refractivity contribution in [3.05, 3.63) is 10.4 Å². The minimum atomic E-state index is -0.182. The summed E-state index contributed by atoms with van der Waals surface area (Å²) in [5.41, 5.74) is 2.35. The second-order valence-electron chi connectivity index (χ2n) is 4.68. The van der Waals surface area contributed by atoms with Crippen LogP contribution < -0.4 is 10.2 Å². The summed E-state index contributed by atoms with van der Waals surface area (Å²) in [6.07, 6.45) is 3.54. The van der Waals surface area contributed by atoms with E-state index in [2.05, 4.69) is 10.2 Å². The molecule has 5 heteroatoms. The van der Waals surface area contributed by atoms with Crippen molar-refractivity contribution in [2.75, 3.05) is 36.5 Å². The number of carbonyl (C=O) groups is 1. The van der Waals surface area contributed by atoms with Crippen LogP contribution in [0.2, 0.25) is 0 Å². The van der Waals surface area contributed by atoms with Crippen molar-refractivity contribution < 1.29 is 9.53 Å². The normalized spacial score (nSPS) is 17.7. The Morgan fingerprint density at radius 1 is 1.44 bits per heavy atom. The van der Waals surface area contributed by atoms with Crippen molar-refractivity contribution in [2.45, 2.75) is 26.2 Å². The summed E-state index contributed by atoms with van der Waals surface area (Å²) in [7, 11) is 0. The van der Waals surface area contributed by atoms with Crippen LogP contribution in [-0.2, 0) is 11.2 Å². The molecular formula is C13H18N2O2S. The van der Waals surface area contributed by atoms with Crippen molar-refractivity contribution in [1.29, 1.82) is 0 Å². The predicted molar refractivity (Wildman–Crippen MR) is 73.9 cm³/mol. The maximum atomic E-state index is 12.0. The molecule has 0 saturated carbocycles. The molecule has 1 fully saturated rings. The molecule has 98 valence electrons. The molecule has 1 saturated heterocycles. The molecule has 0 bridgehead atoms. The number of rotatable bonds is 3. The summed E-state index contributed by atoms with van der Waals surface area (Å²) in [5, 5.41) is 4.62. The molecule has 1 aromatic heterocycles. The fourth-order valence-electron chi connectivity index (χ4n) is 2.70. The van der Waals surface area contributed by atoms with Gasteiger partial charge in [0.25, 0.3) is 0 Å². The molecule has 0 spiro atoms. The molecule has 0 unspecified atom stereocenters. The van der Waals surface area contributed by atoms with Gasteiger partial charge in [-0.05, 0) is 26.2 Å². The largest absolute Gasteiger partial charge is 0.462 e. The molecule has 1 aromatic rings. The molecular weight excluding hydrogens is 248 g/mol. The highest BCUT2D eigenvalue weighted by atomic mass is 32.1. The Labute approximate surface area is 111 Å². The Kier molecular flexibility index (Phi) is 3.16. The van der Waals surface area contributed by atoms with Gasteiger partial charge in [-0.25, -0.2) is 4.79 Å². The summed E-state index contributed by atoms with van der Waals surface area (Å²) in [6, 6.07) is 0. The smallest absolute Gasteiger partial charge is 0.350 e. The average molecular weight is 266 g/mol. The standard InChI is InChI=1S/C13H18N2O2S/c1-2-17-13(16)11-10-9(5-6-14-10)12(18-11)15-7-3-4-8-15/h14H,2-8H2,1H3. The zero-order valence-corrected chi connectivity index (χ0v) is 11.4. The molecule has 3 heterocycles. The number of anilines is 2. The van der Waals surface area contributed by atoms with Crippen molar-refractivity contribution in [1.82, 2.24) is 0 Å². The van der Waals surface area contributed by atoms with Gasteiger partial charge in [-0.3, -0.25) is 0 Å². The first kappa shape index (κ1) is 11.8. The van der Waals surface area contributed by atoms with Gasteiger partial charge in [0.2, 0.25) is 0 Å². The van der Waals surface area contributed by atoms with Gasteiger partial charge in [0.05, 0.1) is 17.3 Å². The number of nitrogens with zero attached hydrogens (tertiary/aromatic N) is 1. The third-order valence-corrected chi connectivity index (χ3v) is 4.79. The van der Waals surface area contributed by atoms with Gasteiger partial charge in [0, 0.05) is 25.2 Å². The average Bonchev–Trinajstić information content (AvgIpc) is 3.06. The topological polar surface area (TPSA) is 41.6 Å². The fourth-order valence-corrected chi connectivity index (χ4v) is 3.97. The molecule has 4 nitrogen and oxygen atoms in total. The van der Waals surface area contributed by atoms with E-state index < -0.39 is 0 Å². The van der Waals surface area contributed by atoms with Crippen LogP contribution in [0, 0.1) is 0 Å². The van der Waals surface area contributed by atoms with Crippen LogP contribution in [0.5, 0.6) is 0 Å². The summed E-state index contributed by atoms with van der Waals surface area (Å²) < 4.78 is 5.14. The molecule has 0 aromatic carbocycles. The second kappa shape index (κ2) is 4.80. The lowest BCUT2D eigenvalue weighted by atomic mass is 10.2. The van der Waals surface area contributed by atoms with Crippen molar-refractivity contribution in [2.24, 2.45) is 0 Å². The zero-order valence-electron chi connectivity index (χ0n) is 10.6. The van der Waals surface area contributed by atoms with Crippen LogP contribution >= 0.6 is 11.3 Å². The van der Waals surface area contributed by atoms with Crippen LogP contribution in [0.1, 0.15) is 35.0 Å². The minimum Gasteiger partial charge on any atom is -0.462 e. The van der Waals surface area contributed by atoms with Gasteiger partial charge in [-0.1, -0.05) is 0 Å². The highest BCUT2D eigenvalue weighted by Crippen LogP contribution is 2.44. The van der Waals surface area contributed by atoms with Crippen LogP contribution in [0.4, 0.5) is 10.7 Å². The minimum absolute atomic E-state index is 0.182. The van der Waals surface area contributed by atoms with Crippen LogP contribution in [-0.4, -0.2) is 32.2 Å². The van der Waals surface area contributed by atoms with E-state index >= 15 is 0 Å². The van der Waals surface area contributed by atoms with Crippen molar-refractivity contribution >= 4 is 28.0 Å². The second-order valence-corrected chi connectivity index (χ2v) is 5.68. The third kappa shape index (κ3) is 1.86. The van der Waals surface area contributed by atoms with E-state index in [4.69, 9.17) is 4.74 Å². The van der Waals surface area contributed by atoms with Gasteiger partial charge in [-0.2, -0.15) is 0 Å². The maximum absolute atomic E-state index is 12.0. The first-order valence-electron chi connectivity index (χ1n) is 6.63. The van der Waals surface area contributed by atoms with E-state index in [-0.39, 0.29) is 5.97 Å². The molecule has 2 aliphatic heterocycles. The molecule has 2 aliphatic rings. The lowest BCUT2D eigenvalue weighted by molar-refractivity contribution is 0.0533. The molecule has 3 rings (SSSR count). The number of carbonyl (C=O) groups excluding carboxylic acids is 1. The molecule has 1 N–H and O–H groups in total. The number of ether oxygens (including phenoxy) is 1. The van der Waals surface area contributed by atoms with E-state index in [1.807, 2.05) is 6.92 Å². The van der Waals surface area contributed by atoms with Gasteiger partial charge >= 0.3 is 5.97 Å². The SMILES string of the molecule is CCOC(=O)c1sc(N2CCCC2)c2c1NCC2. The van der Waals surface area contributed by atoms with Crippen molar-refractivity contribution in [3.8, 4) is 0 Å². The fraction of sp³-hybridized carbons (Fsp3) is 0.615. The Morgan fingerprint density at radius 2 is 2.22 bits per heavy atom. The number of fused-ring (bicyclic) bond motifs is 1. The summed E-state index contributed by atoms with van der Waals surface area (Å²) in [4.78, 5) is 15.1. The highest BCUT2D eigenvalue weighted by molar-refractivity contribution is 7.18. The molecule has 0 amide bonds. The Morgan fingerprint density at radius 3 is 2.94 bits per heavy atom. The van der Waals surface area contributed by atoms with Gasteiger partial charge in [-0.15, -0.1) is 11.3 Å². The van der Waals surface area contributed by atoms with Crippen molar-refractivity contribution in [3.63, 3.8) is 0 Å². The van der Waals surface area contributed by atoms with E-state index in [0.29, 0.717) is 6.61 Å². The summed E-state index contributed by atoms with van der Waals surface area (Å²) >= 11 is 1.60. The Bertz CT molecular complexity index is 464. The molecule has 18 heavy (non-hydrogen) atoms. The monoisotopic (exact) mass is 266 g/mol. The number of thiophene rings is 1. The quantitative estimate of drug-likeness (QED) is 0.854. The van der Waals surface area contributed by atoms with Crippen LogP contribution in [0.25, 0.3) is 0 Å². The third-order valence-electron chi connectivity index (χ3n) is 3.52. The summed E-state index contributed by atoms with van der Waals surface area (Å²) in [5.74, 6) is -0.182. The predicted octanol–water partition coefficient (Wildman–Crippen LogP) is 2.49. The highest BCUT2D eigenvalue weighted by Gasteiger charge is 2.29. The van der Waals surface area contributed by atoms with Gasteiger partial charge in [0.1, 0.15) is 4.88 Å². The van der Waals surface area contributed by atoms with E-state index in [9.17, 15) is 4.79 Å². The molecule has 0 radical (unpaired) electrons. The molecule has 0 aliphatic carbocycles. The number of hydrogen-bond donors (Lipinski definition) is 1. The number of nitrogens with one attached hydrogen (secondary N) is 1.